The maximum Gasteiger partial charge on any atom is 0.0366 e. The molecule has 1 saturated heterocycles. The zero-order chi connectivity index (χ0) is 12.8. The summed E-state index contributed by atoms with van der Waals surface area (Å²) < 4.78 is 0. The number of anilines is 1. The van der Waals surface area contributed by atoms with Crippen molar-refractivity contribution in [1.82, 2.24) is 5.32 Å². The molecule has 1 N–H and O–H groups in total. The number of para-hydroxylation sites is 1. The number of benzene rings is 1. The van der Waals surface area contributed by atoms with Gasteiger partial charge in [0.25, 0.3) is 0 Å². The summed E-state index contributed by atoms with van der Waals surface area (Å²) in [4.78, 5) is 2.55. The molecule has 1 aromatic carbocycles. The predicted octanol–water partition coefficient (Wildman–Crippen LogP) is 3.29. The minimum absolute atomic E-state index is 0.653. The van der Waals surface area contributed by atoms with E-state index in [9.17, 15) is 0 Å². The van der Waals surface area contributed by atoms with Crippen molar-refractivity contribution in [2.45, 2.75) is 39.2 Å². The number of hydrogen-bond acceptors (Lipinski definition) is 2. The Kier molecular flexibility index (Phi) is 5.06. The van der Waals surface area contributed by atoms with E-state index in [1.54, 1.807) is 0 Å². The third-order valence-electron chi connectivity index (χ3n) is 3.85. The number of likely N-dealkylation sites (N-methyl/N-ethyl adjacent to an activating group) is 1. The SMILES string of the molecule is CCCC1CC(NCC)CN(c2ccccc2)C1. The molecule has 18 heavy (non-hydrogen) atoms. The van der Waals surface area contributed by atoms with Crippen molar-refractivity contribution in [2.75, 3.05) is 24.5 Å². The minimum atomic E-state index is 0.653. The van der Waals surface area contributed by atoms with E-state index in [0.717, 1.165) is 19.0 Å². The first-order chi connectivity index (χ1) is 8.83. The van der Waals surface area contributed by atoms with Gasteiger partial charge in [-0.1, -0.05) is 38.5 Å². The fourth-order valence-corrected chi connectivity index (χ4v) is 3.11. The van der Waals surface area contributed by atoms with Crippen molar-refractivity contribution < 1.29 is 0 Å². The van der Waals surface area contributed by atoms with Gasteiger partial charge >= 0.3 is 0 Å². The number of hydrogen-bond donors (Lipinski definition) is 1. The van der Waals surface area contributed by atoms with E-state index >= 15 is 0 Å². The lowest BCUT2D eigenvalue weighted by Crippen LogP contribution is -2.49. The second kappa shape index (κ2) is 6.79. The molecule has 0 radical (unpaired) electrons. The molecular weight excluding hydrogens is 220 g/mol. The van der Waals surface area contributed by atoms with Crippen LogP contribution in [0.3, 0.4) is 0 Å². The Hall–Kier alpha value is -1.02. The molecule has 0 bridgehead atoms. The van der Waals surface area contributed by atoms with Gasteiger partial charge in [0.05, 0.1) is 0 Å². The van der Waals surface area contributed by atoms with Gasteiger partial charge in [-0.2, -0.15) is 0 Å². The Morgan fingerprint density at radius 3 is 2.61 bits per heavy atom. The molecule has 0 aliphatic carbocycles. The summed E-state index contributed by atoms with van der Waals surface area (Å²) in [6.07, 6.45) is 3.99. The molecule has 1 heterocycles. The van der Waals surface area contributed by atoms with E-state index in [2.05, 4.69) is 54.4 Å². The summed E-state index contributed by atoms with van der Waals surface area (Å²) in [5.41, 5.74) is 1.38. The Labute approximate surface area is 111 Å². The fraction of sp³-hybridized carbons (Fsp3) is 0.625. The lowest BCUT2D eigenvalue weighted by atomic mass is 9.90. The lowest BCUT2D eigenvalue weighted by Gasteiger charge is -2.39. The van der Waals surface area contributed by atoms with Gasteiger partial charge in [0.1, 0.15) is 0 Å². The molecule has 1 fully saturated rings. The quantitative estimate of drug-likeness (QED) is 0.857. The molecular formula is C16H26N2. The van der Waals surface area contributed by atoms with Gasteiger partial charge in [-0.15, -0.1) is 0 Å². The van der Waals surface area contributed by atoms with Crippen LogP contribution in [0.2, 0.25) is 0 Å². The molecule has 0 aromatic heterocycles. The zero-order valence-corrected chi connectivity index (χ0v) is 11.7. The summed E-state index contributed by atoms with van der Waals surface area (Å²) in [6, 6.07) is 11.5. The number of nitrogens with one attached hydrogen (secondary N) is 1. The Morgan fingerprint density at radius 1 is 1.17 bits per heavy atom. The van der Waals surface area contributed by atoms with Gasteiger partial charge in [0.15, 0.2) is 0 Å². The molecule has 100 valence electrons. The van der Waals surface area contributed by atoms with Gasteiger partial charge in [-0.25, -0.2) is 0 Å². The molecule has 1 aliphatic heterocycles. The molecule has 2 unspecified atom stereocenters. The van der Waals surface area contributed by atoms with E-state index in [-0.39, 0.29) is 0 Å². The van der Waals surface area contributed by atoms with Crippen LogP contribution in [-0.4, -0.2) is 25.7 Å². The number of piperidine rings is 1. The molecule has 0 saturated carbocycles. The highest BCUT2D eigenvalue weighted by Crippen LogP contribution is 2.25. The van der Waals surface area contributed by atoms with Crippen LogP contribution in [0.4, 0.5) is 5.69 Å². The average Bonchev–Trinajstić information content (AvgIpc) is 2.40. The molecule has 1 aliphatic rings. The molecule has 2 nitrogen and oxygen atoms in total. The van der Waals surface area contributed by atoms with Gasteiger partial charge < -0.3 is 10.2 Å². The highest BCUT2D eigenvalue weighted by atomic mass is 15.2. The minimum Gasteiger partial charge on any atom is -0.370 e. The second-order valence-electron chi connectivity index (χ2n) is 5.39. The Morgan fingerprint density at radius 2 is 1.94 bits per heavy atom. The van der Waals surface area contributed by atoms with Crippen molar-refractivity contribution in [1.29, 1.82) is 0 Å². The van der Waals surface area contributed by atoms with Crippen molar-refractivity contribution >= 4 is 5.69 Å². The topological polar surface area (TPSA) is 15.3 Å². The number of rotatable bonds is 5. The van der Waals surface area contributed by atoms with Crippen LogP contribution >= 0.6 is 0 Å². The van der Waals surface area contributed by atoms with Crippen LogP contribution in [-0.2, 0) is 0 Å². The van der Waals surface area contributed by atoms with Crippen molar-refractivity contribution in [2.24, 2.45) is 5.92 Å². The van der Waals surface area contributed by atoms with E-state index in [1.165, 1.54) is 31.5 Å². The third-order valence-corrected chi connectivity index (χ3v) is 3.85. The normalized spacial score (nSPS) is 24.2. The molecule has 2 rings (SSSR count). The van der Waals surface area contributed by atoms with Gasteiger partial charge in [-0.3, -0.25) is 0 Å². The van der Waals surface area contributed by atoms with E-state index in [4.69, 9.17) is 0 Å². The third kappa shape index (κ3) is 3.49. The first-order valence-electron chi connectivity index (χ1n) is 7.36. The van der Waals surface area contributed by atoms with Crippen molar-refractivity contribution in [3.8, 4) is 0 Å². The van der Waals surface area contributed by atoms with E-state index in [1.807, 2.05) is 0 Å². The zero-order valence-electron chi connectivity index (χ0n) is 11.7. The molecule has 1 aromatic rings. The van der Waals surface area contributed by atoms with Crippen LogP contribution < -0.4 is 10.2 Å². The lowest BCUT2D eigenvalue weighted by molar-refractivity contribution is 0.321. The first kappa shape index (κ1) is 13.4. The van der Waals surface area contributed by atoms with Crippen LogP contribution in [0.5, 0.6) is 0 Å². The monoisotopic (exact) mass is 246 g/mol. The van der Waals surface area contributed by atoms with Crippen LogP contribution in [0.1, 0.15) is 33.1 Å². The molecule has 0 spiro atoms. The maximum atomic E-state index is 3.63. The fourth-order valence-electron chi connectivity index (χ4n) is 3.11. The van der Waals surface area contributed by atoms with Crippen LogP contribution in [0.25, 0.3) is 0 Å². The summed E-state index contributed by atoms with van der Waals surface area (Å²) in [5, 5.41) is 3.63. The highest BCUT2D eigenvalue weighted by Gasteiger charge is 2.26. The maximum absolute atomic E-state index is 3.63. The van der Waals surface area contributed by atoms with E-state index in [0.29, 0.717) is 6.04 Å². The largest absolute Gasteiger partial charge is 0.370 e. The summed E-state index contributed by atoms with van der Waals surface area (Å²) in [5.74, 6) is 0.841. The second-order valence-corrected chi connectivity index (χ2v) is 5.39. The summed E-state index contributed by atoms with van der Waals surface area (Å²) >= 11 is 0. The summed E-state index contributed by atoms with van der Waals surface area (Å²) in [6.45, 7) is 7.95. The van der Waals surface area contributed by atoms with Gasteiger partial charge in [0.2, 0.25) is 0 Å². The van der Waals surface area contributed by atoms with Gasteiger partial charge in [-0.05, 0) is 37.4 Å². The van der Waals surface area contributed by atoms with Gasteiger partial charge in [0, 0.05) is 24.8 Å². The van der Waals surface area contributed by atoms with Crippen molar-refractivity contribution in [3.63, 3.8) is 0 Å². The molecule has 2 heteroatoms. The average molecular weight is 246 g/mol. The smallest absolute Gasteiger partial charge is 0.0366 e. The van der Waals surface area contributed by atoms with E-state index < -0.39 is 0 Å². The predicted molar refractivity (Wildman–Crippen MR) is 79.1 cm³/mol. The summed E-state index contributed by atoms with van der Waals surface area (Å²) in [7, 11) is 0. The highest BCUT2D eigenvalue weighted by molar-refractivity contribution is 5.46. The first-order valence-corrected chi connectivity index (χ1v) is 7.36. The number of nitrogens with zero attached hydrogens (tertiary/aromatic N) is 1. The molecule has 0 amide bonds. The van der Waals surface area contributed by atoms with Crippen LogP contribution in [0, 0.1) is 5.92 Å². The molecule has 2 atom stereocenters. The Balaban J connectivity index is 2.05. The van der Waals surface area contributed by atoms with Crippen LogP contribution in [0.15, 0.2) is 30.3 Å². The Bertz CT molecular complexity index is 322. The van der Waals surface area contributed by atoms with Crippen molar-refractivity contribution in [3.05, 3.63) is 30.3 Å². The standard InChI is InChI=1S/C16H26N2/c1-3-8-14-11-15(17-4-2)13-18(12-14)16-9-6-5-7-10-16/h5-7,9-10,14-15,17H,3-4,8,11-13H2,1-2H3.